The van der Waals surface area contributed by atoms with Crippen molar-refractivity contribution >= 4 is 39.6 Å². The van der Waals surface area contributed by atoms with Crippen molar-refractivity contribution in [1.29, 1.82) is 0 Å². The molecule has 2 aromatic carbocycles. The van der Waals surface area contributed by atoms with Gasteiger partial charge in [-0.3, -0.25) is 14.2 Å². The Hall–Kier alpha value is -4.13. The summed E-state index contributed by atoms with van der Waals surface area (Å²) in [4.78, 5) is 42.1. The van der Waals surface area contributed by atoms with Crippen molar-refractivity contribution in [2.45, 2.75) is 13.1 Å². The number of halogens is 3. The van der Waals surface area contributed by atoms with Gasteiger partial charge >= 0.3 is 5.69 Å². The number of nitrogens with one attached hydrogen (secondary N) is 1. The monoisotopic (exact) mass is 572 g/mol. The Balaban J connectivity index is 0.00000353. The third kappa shape index (κ3) is 5.13. The first kappa shape index (κ1) is 27.9. The highest BCUT2D eigenvalue weighted by molar-refractivity contribution is 7.22. The number of aromatic amines is 1. The molecule has 0 atom stereocenters. The van der Waals surface area contributed by atoms with Crippen molar-refractivity contribution in [3.05, 3.63) is 109 Å². The van der Waals surface area contributed by atoms with Crippen LogP contribution in [-0.4, -0.2) is 38.3 Å². The van der Waals surface area contributed by atoms with E-state index in [1.165, 1.54) is 23.5 Å². The molecule has 0 aliphatic rings. The Bertz CT molecular complexity index is 1820. The molecule has 9 nitrogen and oxygen atoms in total. The molecule has 0 aliphatic heterocycles. The van der Waals surface area contributed by atoms with Crippen molar-refractivity contribution in [3.63, 3.8) is 0 Å². The maximum atomic E-state index is 14.7. The lowest BCUT2D eigenvalue weighted by Crippen LogP contribution is -2.40. The van der Waals surface area contributed by atoms with Gasteiger partial charge in [0.05, 0.1) is 11.9 Å². The van der Waals surface area contributed by atoms with Crippen LogP contribution in [0.3, 0.4) is 0 Å². The SMILES string of the molecule is CN(C)Cc1c(-c2ccc(N)cc2)sc2c1c(=O)n(-c1ccc(=O)[nH]n1)c(=O)n2Cc1c(F)cccc1F.Cl. The second-order valence-electron chi connectivity index (χ2n) is 8.94. The molecule has 3 heterocycles. The average molecular weight is 573 g/mol. The predicted molar refractivity (Wildman–Crippen MR) is 150 cm³/mol. The molecular formula is C26H23ClF2N6O3S. The van der Waals surface area contributed by atoms with E-state index in [-0.39, 0.29) is 34.0 Å². The molecule has 3 aromatic heterocycles. The zero-order valence-electron chi connectivity index (χ0n) is 20.8. The fraction of sp³-hybridized carbons (Fsp3) is 0.154. The number of fused-ring (bicyclic) bond motifs is 1. The Morgan fingerprint density at radius 2 is 1.64 bits per heavy atom. The molecule has 0 unspecified atom stereocenters. The van der Waals surface area contributed by atoms with E-state index in [2.05, 4.69) is 10.2 Å². The first-order valence-electron chi connectivity index (χ1n) is 11.5. The Morgan fingerprint density at radius 1 is 0.974 bits per heavy atom. The van der Waals surface area contributed by atoms with Gasteiger partial charge in [0.25, 0.3) is 11.1 Å². The van der Waals surface area contributed by atoms with E-state index in [1.54, 1.807) is 24.3 Å². The molecule has 0 radical (unpaired) electrons. The molecule has 0 saturated carbocycles. The molecule has 0 aliphatic carbocycles. The third-order valence-electron chi connectivity index (χ3n) is 5.99. The Morgan fingerprint density at radius 3 is 2.23 bits per heavy atom. The molecule has 0 amide bonds. The maximum Gasteiger partial charge on any atom is 0.338 e. The first-order chi connectivity index (χ1) is 18.2. The summed E-state index contributed by atoms with van der Waals surface area (Å²) in [6.07, 6.45) is 0. The van der Waals surface area contributed by atoms with Crippen LogP contribution in [0.4, 0.5) is 14.5 Å². The topological polar surface area (TPSA) is 119 Å². The van der Waals surface area contributed by atoms with Crippen LogP contribution in [0.25, 0.3) is 26.5 Å². The molecule has 0 spiro atoms. The van der Waals surface area contributed by atoms with Gasteiger partial charge in [0.2, 0.25) is 0 Å². The van der Waals surface area contributed by atoms with Gasteiger partial charge in [0.1, 0.15) is 16.5 Å². The van der Waals surface area contributed by atoms with Gasteiger partial charge in [-0.05, 0) is 55.6 Å². The van der Waals surface area contributed by atoms with E-state index < -0.39 is 35.0 Å². The van der Waals surface area contributed by atoms with E-state index in [0.717, 1.165) is 32.9 Å². The number of hydrogen-bond acceptors (Lipinski definition) is 7. The number of hydrogen-bond donors (Lipinski definition) is 2. The maximum absolute atomic E-state index is 14.7. The van der Waals surface area contributed by atoms with Gasteiger partial charge in [-0.1, -0.05) is 18.2 Å². The fourth-order valence-electron chi connectivity index (χ4n) is 4.25. The van der Waals surface area contributed by atoms with Gasteiger partial charge in [-0.25, -0.2) is 23.2 Å². The highest BCUT2D eigenvalue weighted by atomic mass is 35.5. The summed E-state index contributed by atoms with van der Waals surface area (Å²) in [7, 11) is 3.67. The molecule has 5 rings (SSSR count). The average Bonchev–Trinajstić information content (AvgIpc) is 3.23. The van der Waals surface area contributed by atoms with Gasteiger partial charge in [0.15, 0.2) is 5.82 Å². The van der Waals surface area contributed by atoms with E-state index in [4.69, 9.17) is 5.73 Å². The smallest absolute Gasteiger partial charge is 0.338 e. The number of rotatable bonds is 6. The Kier molecular flexibility index (Phi) is 7.82. The van der Waals surface area contributed by atoms with Crippen LogP contribution in [0.15, 0.2) is 69.0 Å². The largest absolute Gasteiger partial charge is 0.399 e. The standard InChI is InChI=1S/C26H22F2N6O3S.ClH/c1-32(2)12-17-22-24(36)34(20-10-11-21(35)31-30-20)26(37)33(13-16-18(27)4-3-5-19(16)28)25(22)38-23(17)14-6-8-15(29)9-7-14;/h3-11H,12-13,29H2,1-2H3,(H,31,35);1H. The zero-order valence-corrected chi connectivity index (χ0v) is 22.4. The minimum absolute atomic E-state index is 0. The minimum atomic E-state index is -0.855. The molecule has 3 N–H and O–H groups in total. The highest BCUT2D eigenvalue weighted by Crippen LogP contribution is 2.38. The van der Waals surface area contributed by atoms with Crippen molar-refractivity contribution in [2.24, 2.45) is 0 Å². The van der Waals surface area contributed by atoms with Crippen LogP contribution >= 0.6 is 23.7 Å². The van der Waals surface area contributed by atoms with Gasteiger partial charge < -0.3 is 10.6 Å². The summed E-state index contributed by atoms with van der Waals surface area (Å²) in [6.45, 7) is -0.138. The lowest BCUT2D eigenvalue weighted by molar-refractivity contribution is 0.405. The number of nitrogens with two attached hydrogens (primary N) is 1. The number of benzene rings is 2. The summed E-state index contributed by atoms with van der Waals surface area (Å²) in [5.74, 6) is -1.78. The minimum Gasteiger partial charge on any atom is -0.399 e. The number of anilines is 1. The van der Waals surface area contributed by atoms with E-state index in [0.29, 0.717) is 22.7 Å². The van der Waals surface area contributed by atoms with Crippen LogP contribution in [0.5, 0.6) is 0 Å². The number of H-pyrrole nitrogens is 1. The molecule has 39 heavy (non-hydrogen) atoms. The number of nitrogens with zero attached hydrogens (tertiary/aromatic N) is 4. The summed E-state index contributed by atoms with van der Waals surface area (Å²) in [6, 6.07) is 12.9. The van der Waals surface area contributed by atoms with E-state index in [1.807, 2.05) is 19.0 Å². The van der Waals surface area contributed by atoms with Crippen LogP contribution in [-0.2, 0) is 13.1 Å². The summed E-state index contributed by atoms with van der Waals surface area (Å²) < 4.78 is 31.3. The first-order valence-corrected chi connectivity index (χ1v) is 12.3. The van der Waals surface area contributed by atoms with Crippen LogP contribution < -0.4 is 22.5 Å². The number of aromatic nitrogens is 4. The lowest BCUT2D eigenvalue weighted by Gasteiger charge is -2.14. The van der Waals surface area contributed by atoms with Gasteiger partial charge in [-0.15, -0.1) is 23.7 Å². The fourth-order valence-corrected chi connectivity index (χ4v) is 5.55. The lowest BCUT2D eigenvalue weighted by atomic mass is 10.1. The second-order valence-corrected chi connectivity index (χ2v) is 9.94. The number of thiophene rings is 1. The van der Waals surface area contributed by atoms with Crippen molar-refractivity contribution in [1.82, 2.24) is 24.2 Å². The molecule has 5 aromatic rings. The quantitative estimate of drug-likeness (QED) is 0.301. The predicted octanol–water partition coefficient (Wildman–Crippen LogP) is 3.36. The second kappa shape index (κ2) is 10.9. The molecule has 0 fully saturated rings. The molecule has 0 bridgehead atoms. The molecule has 202 valence electrons. The van der Waals surface area contributed by atoms with E-state index in [9.17, 15) is 23.2 Å². The van der Waals surface area contributed by atoms with Crippen molar-refractivity contribution < 1.29 is 8.78 Å². The van der Waals surface area contributed by atoms with Gasteiger partial charge in [-0.2, -0.15) is 5.10 Å². The van der Waals surface area contributed by atoms with Crippen LogP contribution in [0, 0.1) is 11.6 Å². The van der Waals surface area contributed by atoms with Crippen LogP contribution in [0.1, 0.15) is 11.1 Å². The highest BCUT2D eigenvalue weighted by Gasteiger charge is 2.25. The Labute approximate surface area is 230 Å². The van der Waals surface area contributed by atoms with Crippen molar-refractivity contribution in [3.8, 4) is 16.3 Å². The molecular weight excluding hydrogens is 550 g/mol. The summed E-state index contributed by atoms with van der Waals surface area (Å²) in [5.41, 5.74) is 5.46. The number of nitrogen functional groups attached to an aromatic ring is 1. The molecule has 0 saturated heterocycles. The summed E-state index contributed by atoms with van der Waals surface area (Å²) in [5, 5.41) is 6.30. The summed E-state index contributed by atoms with van der Waals surface area (Å²) >= 11 is 1.18. The van der Waals surface area contributed by atoms with E-state index >= 15 is 0 Å². The van der Waals surface area contributed by atoms with Crippen molar-refractivity contribution in [2.75, 3.05) is 19.8 Å². The normalized spacial score (nSPS) is 11.2. The third-order valence-corrected chi connectivity index (χ3v) is 7.30. The molecule has 13 heteroatoms. The zero-order chi connectivity index (χ0) is 27.1. The van der Waals surface area contributed by atoms with Gasteiger partial charge in [0, 0.05) is 28.7 Å². The van der Waals surface area contributed by atoms with Crippen LogP contribution in [0.2, 0.25) is 0 Å².